The maximum Gasteiger partial charge on any atom is 0.331 e. The van der Waals surface area contributed by atoms with E-state index in [0.717, 1.165) is 17.5 Å². The van der Waals surface area contributed by atoms with Crippen molar-refractivity contribution < 1.29 is 14.6 Å². The van der Waals surface area contributed by atoms with Gasteiger partial charge in [-0.15, -0.1) is 0 Å². The highest BCUT2D eigenvalue weighted by Gasteiger charge is 2.10. The standard InChI is InChI=1S/C13H16O3/c1-4-10-5-6-12(16-3)11(8-10)7-9(2)13(14)15/h5-6,8H,2,4,7H2,1,3H3,(H,14,15). The molecule has 0 atom stereocenters. The van der Waals surface area contributed by atoms with Crippen LogP contribution in [0.4, 0.5) is 0 Å². The predicted octanol–water partition coefficient (Wildman–Crippen LogP) is 2.44. The van der Waals surface area contributed by atoms with E-state index in [-0.39, 0.29) is 5.57 Å². The predicted molar refractivity (Wildman–Crippen MR) is 62.9 cm³/mol. The molecule has 0 aliphatic carbocycles. The summed E-state index contributed by atoms with van der Waals surface area (Å²) in [6, 6.07) is 5.81. The van der Waals surface area contributed by atoms with Gasteiger partial charge in [-0.3, -0.25) is 0 Å². The molecule has 0 radical (unpaired) electrons. The lowest BCUT2D eigenvalue weighted by molar-refractivity contribution is -0.132. The van der Waals surface area contributed by atoms with Gasteiger partial charge in [0.2, 0.25) is 0 Å². The molecule has 0 unspecified atom stereocenters. The number of carbonyl (C=O) groups is 1. The molecule has 1 aromatic rings. The van der Waals surface area contributed by atoms with Gasteiger partial charge in [-0.25, -0.2) is 4.79 Å². The molecule has 0 amide bonds. The van der Waals surface area contributed by atoms with Crippen molar-refractivity contribution in [1.82, 2.24) is 0 Å². The molecule has 0 heterocycles. The van der Waals surface area contributed by atoms with E-state index in [9.17, 15) is 4.79 Å². The second-order valence-corrected chi connectivity index (χ2v) is 3.59. The Bertz CT molecular complexity index is 408. The van der Waals surface area contributed by atoms with Crippen LogP contribution in [0.5, 0.6) is 5.75 Å². The van der Waals surface area contributed by atoms with Crippen LogP contribution in [0, 0.1) is 0 Å². The van der Waals surface area contributed by atoms with Crippen LogP contribution >= 0.6 is 0 Å². The van der Waals surface area contributed by atoms with Crippen LogP contribution in [0.3, 0.4) is 0 Å². The normalized spacial score (nSPS) is 9.88. The second kappa shape index (κ2) is 5.35. The van der Waals surface area contributed by atoms with Crippen molar-refractivity contribution in [2.45, 2.75) is 19.8 Å². The Morgan fingerprint density at radius 3 is 2.69 bits per heavy atom. The number of methoxy groups -OCH3 is 1. The number of carboxylic acids is 1. The quantitative estimate of drug-likeness (QED) is 0.775. The van der Waals surface area contributed by atoms with Gasteiger partial charge < -0.3 is 9.84 Å². The fourth-order valence-corrected chi connectivity index (χ4v) is 1.50. The highest BCUT2D eigenvalue weighted by Crippen LogP contribution is 2.22. The van der Waals surface area contributed by atoms with Crippen LogP contribution in [0.25, 0.3) is 0 Å². The molecule has 1 N–H and O–H groups in total. The van der Waals surface area contributed by atoms with Crippen LogP contribution in [0.15, 0.2) is 30.4 Å². The van der Waals surface area contributed by atoms with Crippen LogP contribution < -0.4 is 4.74 Å². The van der Waals surface area contributed by atoms with E-state index < -0.39 is 5.97 Å². The molecule has 0 fully saturated rings. The Kier molecular flexibility index (Phi) is 4.11. The van der Waals surface area contributed by atoms with E-state index in [4.69, 9.17) is 9.84 Å². The minimum Gasteiger partial charge on any atom is -0.496 e. The van der Waals surface area contributed by atoms with Gasteiger partial charge in [0.25, 0.3) is 0 Å². The Hall–Kier alpha value is -1.77. The molecule has 86 valence electrons. The summed E-state index contributed by atoms with van der Waals surface area (Å²) < 4.78 is 5.19. The third-order valence-corrected chi connectivity index (χ3v) is 2.46. The maximum absolute atomic E-state index is 10.7. The van der Waals surface area contributed by atoms with Crippen molar-refractivity contribution in [2.24, 2.45) is 0 Å². The number of aliphatic carboxylic acids is 1. The Labute approximate surface area is 95.4 Å². The zero-order chi connectivity index (χ0) is 12.1. The van der Waals surface area contributed by atoms with E-state index in [1.54, 1.807) is 7.11 Å². The van der Waals surface area contributed by atoms with Gasteiger partial charge in [-0.05, 0) is 23.6 Å². The maximum atomic E-state index is 10.7. The summed E-state index contributed by atoms with van der Waals surface area (Å²) in [4.78, 5) is 10.7. The van der Waals surface area contributed by atoms with Crippen molar-refractivity contribution in [1.29, 1.82) is 0 Å². The van der Waals surface area contributed by atoms with E-state index >= 15 is 0 Å². The largest absolute Gasteiger partial charge is 0.496 e. The van der Waals surface area contributed by atoms with Crippen molar-refractivity contribution >= 4 is 5.97 Å². The molecule has 0 bridgehead atoms. The first-order chi connectivity index (χ1) is 7.58. The summed E-state index contributed by atoms with van der Waals surface area (Å²) in [6.07, 6.45) is 1.23. The molecule has 0 aliphatic rings. The molecule has 3 heteroatoms. The SMILES string of the molecule is C=C(Cc1cc(CC)ccc1OC)C(=O)O. The highest BCUT2D eigenvalue weighted by atomic mass is 16.5. The van der Waals surface area contributed by atoms with E-state index in [2.05, 4.69) is 13.5 Å². The first kappa shape index (κ1) is 12.3. The van der Waals surface area contributed by atoms with Crippen LogP contribution in [-0.4, -0.2) is 18.2 Å². The summed E-state index contributed by atoms with van der Waals surface area (Å²) in [5.74, 6) is -0.261. The van der Waals surface area contributed by atoms with Gasteiger partial charge >= 0.3 is 5.97 Å². The third kappa shape index (κ3) is 2.86. The molecule has 0 saturated heterocycles. The third-order valence-electron chi connectivity index (χ3n) is 2.46. The Morgan fingerprint density at radius 1 is 1.50 bits per heavy atom. The van der Waals surface area contributed by atoms with Crippen LogP contribution in [0.1, 0.15) is 18.1 Å². The van der Waals surface area contributed by atoms with Gasteiger partial charge in [0, 0.05) is 12.0 Å². The summed E-state index contributed by atoms with van der Waals surface area (Å²) >= 11 is 0. The lowest BCUT2D eigenvalue weighted by Gasteiger charge is -2.10. The second-order valence-electron chi connectivity index (χ2n) is 3.59. The van der Waals surface area contributed by atoms with Gasteiger partial charge in [-0.1, -0.05) is 25.6 Å². The highest BCUT2D eigenvalue weighted by molar-refractivity contribution is 5.86. The summed E-state index contributed by atoms with van der Waals surface area (Å²) in [5.41, 5.74) is 2.20. The van der Waals surface area contributed by atoms with E-state index in [1.165, 1.54) is 0 Å². The fourth-order valence-electron chi connectivity index (χ4n) is 1.50. The van der Waals surface area contributed by atoms with Crippen LogP contribution in [0.2, 0.25) is 0 Å². The zero-order valence-electron chi connectivity index (χ0n) is 9.62. The van der Waals surface area contributed by atoms with Gasteiger partial charge in [0.1, 0.15) is 5.75 Å². The van der Waals surface area contributed by atoms with Crippen molar-refractivity contribution in [3.63, 3.8) is 0 Å². The molecule has 1 rings (SSSR count). The smallest absolute Gasteiger partial charge is 0.331 e. The molecule has 0 spiro atoms. The first-order valence-corrected chi connectivity index (χ1v) is 5.15. The summed E-state index contributed by atoms with van der Waals surface area (Å²) in [5, 5.41) is 8.79. The number of hydrogen-bond donors (Lipinski definition) is 1. The van der Waals surface area contributed by atoms with Crippen molar-refractivity contribution in [2.75, 3.05) is 7.11 Å². The molecule has 1 aromatic carbocycles. The van der Waals surface area contributed by atoms with Crippen LogP contribution in [-0.2, 0) is 17.6 Å². The first-order valence-electron chi connectivity index (χ1n) is 5.15. The lowest BCUT2D eigenvalue weighted by atomic mass is 10.0. The van der Waals surface area contributed by atoms with E-state index in [1.807, 2.05) is 18.2 Å². The molecule has 0 aromatic heterocycles. The number of benzene rings is 1. The summed E-state index contributed by atoms with van der Waals surface area (Å²) in [6.45, 7) is 5.58. The van der Waals surface area contributed by atoms with Crippen molar-refractivity contribution in [3.05, 3.63) is 41.5 Å². The molecule has 0 aliphatic heterocycles. The average Bonchev–Trinajstić information content (AvgIpc) is 2.28. The molecule has 16 heavy (non-hydrogen) atoms. The number of rotatable bonds is 5. The van der Waals surface area contributed by atoms with Gasteiger partial charge in [-0.2, -0.15) is 0 Å². The van der Waals surface area contributed by atoms with Gasteiger partial charge in [0.05, 0.1) is 7.11 Å². The topological polar surface area (TPSA) is 46.5 Å². The van der Waals surface area contributed by atoms with E-state index in [0.29, 0.717) is 12.2 Å². The Morgan fingerprint density at radius 2 is 2.19 bits per heavy atom. The number of aryl methyl sites for hydroxylation is 1. The average molecular weight is 220 g/mol. The molecule has 0 saturated carbocycles. The fraction of sp³-hybridized carbons (Fsp3) is 0.308. The lowest BCUT2D eigenvalue weighted by Crippen LogP contribution is -2.04. The Balaban J connectivity index is 3.00. The number of ether oxygens (including phenoxy) is 1. The minimum absolute atomic E-state index is 0.173. The molecular formula is C13H16O3. The molecular weight excluding hydrogens is 204 g/mol. The number of carboxylic acid groups (broad SMARTS) is 1. The van der Waals surface area contributed by atoms with Crippen molar-refractivity contribution in [3.8, 4) is 5.75 Å². The number of hydrogen-bond acceptors (Lipinski definition) is 2. The summed E-state index contributed by atoms with van der Waals surface area (Å²) in [7, 11) is 1.58. The van der Waals surface area contributed by atoms with Gasteiger partial charge in [0.15, 0.2) is 0 Å². The molecule has 3 nitrogen and oxygen atoms in total. The monoisotopic (exact) mass is 220 g/mol. The zero-order valence-corrected chi connectivity index (χ0v) is 9.62. The minimum atomic E-state index is -0.969.